The Hall–Kier alpha value is -1.51. The lowest BCUT2D eigenvalue weighted by atomic mass is 10.3. The van der Waals surface area contributed by atoms with E-state index in [9.17, 15) is 4.79 Å². The highest BCUT2D eigenvalue weighted by Crippen LogP contribution is 2.16. The van der Waals surface area contributed by atoms with E-state index < -0.39 is 0 Å². The second-order valence-corrected chi connectivity index (χ2v) is 2.61. The minimum Gasteiger partial charge on any atom is -0.508 e. The van der Waals surface area contributed by atoms with Crippen molar-refractivity contribution in [2.24, 2.45) is 0 Å². The third kappa shape index (κ3) is 6.87. The van der Waals surface area contributed by atoms with Crippen LogP contribution in [-0.2, 0) is 4.79 Å². The van der Waals surface area contributed by atoms with Crippen molar-refractivity contribution in [1.82, 2.24) is 0 Å². The van der Waals surface area contributed by atoms with Crippen LogP contribution >= 0.6 is 0 Å². The highest BCUT2D eigenvalue weighted by Gasteiger charge is 1.88. The molecule has 0 atom stereocenters. The number of hydrogen-bond donors (Lipinski definition) is 1. The first-order valence-corrected chi connectivity index (χ1v) is 3.86. The zero-order valence-electron chi connectivity index (χ0n) is 8.07. The van der Waals surface area contributed by atoms with Gasteiger partial charge in [0.1, 0.15) is 17.3 Å². The molecule has 1 aromatic rings. The van der Waals surface area contributed by atoms with Crippen LogP contribution in [0, 0.1) is 0 Å². The van der Waals surface area contributed by atoms with E-state index >= 15 is 0 Å². The molecule has 0 bridgehead atoms. The molecule has 0 unspecified atom stereocenters. The summed E-state index contributed by atoms with van der Waals surface area (Å²) < 4.78 is 4.84. The fourth-order valence-electron chi connectivity index (χ4n) is 0.610. The minimum absolute atomic E-state index is 0.167. The summed E-state index contributed by atoms with van der Waals surface area (Å²) in [5, 5.41) is 8.86. The van der Waals surface area contributed by atoms with Gasteiger partial charge in [-0.15, -0.1) is 0 Å². The number of ether oxygens (including phenoxy) is 1. The molecule has 13 heavy (non-hydrogen) atoms. The van der Waals surface area contributed by atoms with Gasteiger partial charge in [-0.2, -0.15) is 0 Å². The Kier molecular flexibility index (Phi) is 5.35. The zero-order valence-corrected chi connectivity index (χ0v) is 8.07. The summed E-state index contributed by atoms with van der Waals surface area (Å²) in [4.78, 5) is 9.44. The van der Waals surface area contributed by atoms with E-state index in [1.807, 2.05) is 0 Å². The number of methoxy groups -OCH3 is 1. The first kappa shape index (κ1) is 11.5. The van der Waals surface area contributed by atoms with Crippen LogP contribution in [0.4, 0.5) is 0 Å². The van der Waals surface area contributed by atoms with Gasteiger partial charge in [-0.05, 0) is 26.0 Å². The lowest BCUT2D eigenvalue weighted by Crippen LogP contribution is -1.79. The summed E-state index contributed by atoms with van der Waals surface area (Å²) in [5.74, 6) is 1.07. The fourth-order valence-corrected chi connectivity index (χ4v) is 0.610. The van der Waals surface area contributed by atoms with Gasteiger partial charge in [-0.1, -0.05) is 6.07 Å². The van der Waals surface area contributed by atoms with E-state index in [0.29, 0.717) is 5.75 Å². The quantitative estimate of drug-likeness (QED) is 0.722. The summed E-state index contributed by atoms with van der Waals surface area (Å²) >= 11 is 0. The molecule has 0 aromatic heterocycles. The van der Waals surface area contributed by atoms with Crippen molar-refractivity contribution in [1.29, 1.82) is 0 Å². The van der Waals surface area contributed by atoms with Crippen LogP contribution in [0.1, 0.15) is 13.8 Å². The van der Waals surface area contributed by atoms with Gasteiger partial charge in [0, 0.05) is 6.07 Å². The average molecular weight is 182 g/mol. The smallest absolute Gasteiger partial charge is 0.126 e. The van der Waals surface area contributed by atoms with Crippen molar-refractivity contribution in [3.63, 3.8) is 0 Å². The Labute approximate surface area is 78.0 Å². The molecule has 3 nitrogen and oxygen atoms in total. The third-order valence-electron chi connectivity index (χ3n) is 1.05. The van der Waals surface area contributed by atoms with Gasteiger partial charge in [-0.25, -0.2) is 0 Å². The topological polar surface area (TPSA) is 46.5 Å². The van der Waals surface area contributed by atoms with Gasteiger partial charge in [0.2, 0.25) is 0 Å². The fraction of sp³-hybridized carbons (Fsp3) is 0.300. The van der Waals surface area contributed by atoms with Gasteiger partial charge in [0.25, 0.3) is 0 Å². The molecule has 72 valence electrons. The number of phenolic OH excluding ortho intramolecular Hbond substituents is 1. The normalized spacial score (nSPS) is 8.23. The summed E-state index contributed by atoms with van der Waals surface area (Å²) in [6, 6.07) is 6.66. The maximum Gasteiger partial charge on any atom is 0.126 e. The van der Waals surface area contributed by atoms with Crippen LogP contribution in [0.2, 0.25) is 0 Å². The van der Waals surface area contributed by atoms with Crippen LogP contribution in [-0.4, -0.2) is 18.0 Å². The zero-order chi connectivity index (χ0) is 10.3. The van der Waals surface area contributed by atoms with Crippen LogP contribution in [0.3, 0.4) is 0 Å². The molecule has 0 aliphatic rings. The molecule has 0 saturated heterocycles. The van der Waals surface area contributed by atoms with E-state index in [4.69, 9.17) is 9.84 Å². The molecule has 0 radical (unpaired) electrons. The molecule has 1 aromatic carbocycles. The summed E-state index contributed by atoms with van der Waals surface area (Å²) in [5.41, 5.74) is 0. The second-order valence-electron chi connectivity index (χ2n) is 2.61. The van der Waals surface area contributed by atoms with E-state index in [1.54, 1.807) is 31.4 Å². The molecule has 0 fully saturated rings. The number of rotatable bonds is 1. The maximum atomic E-state index is 9.44. The Morgan fingerprint density at radius 1 is 1.38 bits per heavy atom. The number of phenols is 1. The number of carbonyl (C=O) groups excluding carboxylic acids is 1. The standard InChI is InChI=1S/C7H8O2.C3H6O/c1-9-7-4-2-3-6(8)5-7;1-3(2)4/h2-5,8H,1H3;1-2H3. The van der Waals surface area contributed by atoms with E-state index in [1.165, 1.54) is 13.8 Å². The van der Waals surface area contributed by atoms with Crippen molar-refractivity contribution in [2.45, 2.75) is 13.8 Å². The monoisotopic (exact) mass is 182 g/mol. The van der Waals surface area contributed by atoms with Gasteiger partial charge in [-0.3, -0.25) is 0 Å². The van der Waals surface area contributed by atoms with Gasteiger partial charge in [0.05, 0.1) is 7.11 Å². The molecule has 3 heteroatoms. The molecule has 0 aliphatic carbocycles. The maximum absolute atomic E-state index is 9.44. The molecular formula is C10H14O3. The first-order valence-electron chi connectivity index (χ1n) is 3.86. The molecule has 0 heterocycles. The molecule has 1 N–H and O–H groups in total. The van der Waals surface area contributed by atoms with E-state index in [0.717, 1.165) is 0 Å². The van der Waals surface area contributed by atoms with Gasteiger partial charge < -0.3 is 14.6 Å². The summed E-state index contributed by atoms with van der Waals surface area (Å²) in [7, 11) is 1.56. The number of carbonyl (C=O) groups is 1. The molecule has 0 amide bonds. The molecule has 0 spiro atoms. The SMILES string of the molecule is CC(C)=O.COc1cccc(O)c1. The Bertz CT molecular complexity index is 265. The van der Waals surface area contributed by atoms with E-state index in [2.05, 4.69) is 0 Å². The van der Waals surface area contributed by atoms with Crippen LogP contribution < -0.4 is 4.74 Å². The van der Waals surface area contributed by atoms with Crippen molar-refractivity contribution < 1.29 is 14.6 Å². The van der Waals surface area contributed by atoms with E-state index in [-0.39, 0.29) is 11.5 Å². The number of ketones is 1. The average Bonchev–Trinajstić information content (AvgIpc) is 2.03. The summed E-state index contributed by atoms with van der Waals surface area (Å²) in [6.45, 7) is 3.06. The largest absolute Gasteiger partial charge is 0.508 e. The Morgan fingerprint density at radius 2 is 1.92 bits per heavy atom. The van der Waals surface area contributed by atoms with Gasteiger partial charge in [0.15, 0.2) is 0 Å². The summed E-state index contributed by atoms with van der Waals surface area (Å²) in [6.07, 6.45) is 0. The number of aromatic hydroxyl groups is 1. The molecule has 1 rings (SSSR count). The molecule has 0 saturated carbocycles. The number of benzene rings is 1. The van der Waals surface area contributed by atoms with Crippen LogP contribution in [0.5, 0.6) is 11.5 Å². The number of hydrogen-bond acceptors (Lipinski definition) is 3. The minimum atomic E-state index is 0.167. The molecule has 0 aliphatic heterocycles. The lowest BCUT2D eigenvalue weighted by molar-refractivity contribution is -0.114. The van der Waals surface area contributed by atoms with Crippen LogP contribution in [0.15, 0.2) is 24.3 Å². The van der Waals surface area contributed by atoms with Gasteiger partial charge >= 0.3 is 0 Å². The number of Topliss-reactive ketones (excluding diaryl/α,β-unsaturated/α-hetero) is 1. The highest BCUT2D eigenvalue weighted by atomic mass is 16.5. The Balaban J connectivity index is 0.000000310. The van der Waals surface area contributed by atoms with Crippen LogP contribution in [0.25, 0.3) is 0 Å². The Morgan fingerprint density at radius 3 is 2.23 bits per heavy atom. The molecular weight excluding hydrogens is 168 g/mol. The lowest BCUT2D eigenvalue weighted by Gasteiger charge is -1.97. The van der Waals surface area contributed by atoms with Crippen molar-refractivity contribution >= 4 is 5.78 Å². The first-order chi connectivity index (χ1) is 6.06. The third-order valence-corrected chi connectivity index (χ3v) is 1.05. The highest BCUT2D eigenvalue weighted by molar-refractivity contribution is 5.72. The second kappa shape index (κ2) is 6.06. The van der Waals surface area contributed by atoms with Crippen molar-refractivity contribution in [2.75, 3.05) is 7.11 Å². The predicted octanol–water partition coefficient (Wildman–Crippen LogP) is 2.00. The predicted molar refractivity (Wildman–Crippen MR) is 51.0 cm³/mol. The van der Waals surface area contributed by atoms with Crippen molar-refractivity contribution in [3.05, 3.63) is 24.3 Å². The van der Waals surface area contributed by atoms with Crippen molar-refractivity contribution in [3.8, 4) is 11.5 Å².